The van der Waals surface area contributed by atoms with Gasteiger partial charge in [0.15, 0.2) is 0 Å². The lowest BCUT2D eigenvalue weighted by molar-refractivity contribution is -0.126. The molecule has 2 amide bonds. The van der Waals surface area contributed by atoms with E-state index in [2.05, 4.69) is 20.6 Å². The molecule has 2 aromatic carbocycles. The Morgan fingerprint density at radius 3 is 2.74 bits per heavy atom. The quantitative estimate of drug-likeness (QED) is 0.461. The van der Waals surface area contributed by atoms with Gasteiger partial charge in [-0.1, -0.05) is 29.8 Å². The summed E-state index contributed by atoms with van der Waals surface area (Å²) in [5.41, 5.74) is 3.50. The number of hydrogen-bond donors (Lipinski definition) is 3. The fraction of sp³-hybridized carbons (Fsp3) is 0.280. The van der Waals surface area contributed by atoms with E-state index in [1.807, 2.05) is 12.1 Å². The number of aliphatic hydroxyl groups is 1. The maximum atomic E-state index is 13.8. The zero-order valence-corrected chi connectivity index (χ0v) is 20.2. The van der Waals surface area contributed by atoms with Crippen molar-refractivity contribution in [1.82, 2.24) is 20.2 Å². The molecule has 0 aliphatic carbocycles. The van der Waals surface area contributed by atoms with E-state index in [9.17, 15) is 19.1 Å². The Labute approximate surface area is 207 Å². The molecule has 182 valence electrons. The minimum absolute atomic E-state index is 0.255. The first-order valence-electron chi connectivity index (χ1n) is 11.0. The average molecular weight is 498 g/mol. The molecule has 1 aromatic heterocycles. The van der Waals surface area contributed by atoms with Gasteiger partial charge in [0.25, 0.3) is 5.91 Å². The molecule has 0 radical (unpaired) electrons. The van der Waals surface area contributed by atoms with Gasteiger partial charge in [0.2, 0.25) is 11.9 Å². The molecule has 0 bridgehead atoms. The first-order chi connectivity index (χ1) is 16.7. The molecule has 8 nitrogen and oxygen atoms in total. The Morgan fingerprint density at radius 2 is 2.06 bits per heavy atom. The summed E-state index contributed by atoms with van der Waals surface area (Å²) in [6, 6.07) is 8.07. The molecule has 3 aromatic rings. The van der Waals surface area contributed by atoms with E-state index in [0.29, 0.717) is 38.9 Å². The van der Waals surface area contributed by atoms with E-state index in [1.54, 1.807) is 33.0 Å². The van der Waals surface area contributed by atoms with Crippen molar-refractivity contribution in [3.63, 3.8) is 0 Å². The van der Waals surface area contributed by atoms with Crippen molar-refractivity contribution in [3.8, 4) is 11.3 Å². The number of benzene rings is 2. The lowest BCUT2D eigenvalue weighted by atomic mass is 10.0. The van der Waals surface area contributed by atoms with E-state index in [0.717, 1.165) is 5.56 Å². The summed E-state index contributed by atoms with van der Waals surface area (Å²) in [5.74, 6) is -0.807. The lowest BCUT2D eigenvalue weighted by Crippen LogP contribution is -2.46. The predicted molar refractivity (Wildman–Crippen MR) is 130 cm³/mol. The summed E-state index contributed by atoms with van der Waals surface area (Å²) < 4.78 is 13.8. The Morgan fingerprint density at radius 1 is 1.29 bits per heavy atom. The Kier molecular flexibility index (Phi) is 7.00. The number of fused-ring (bicyclic) bond motifs is 1. The summed E-state index contributed by atoms with van der Waals surface area (Å²) in [6.07, 6.45) is 1.49. The van der Waals surface area contributed by atoms with Crippen LogP contribution in [-0.4, -0.2) is 51.5 Å². The second-order valence-corrected chi connectivity index (χ2v) is 8.83. The number of aliphatic hydroxyl groups excluding tert-OH is 1. The smallest absolute Gasteiger partial charge is 0.255 e. The zero-order valence-electron chi connectivity index (χ0n) is 19.5. The fourth-order valence-corrected chi connectivity index (χ4v) is 4.31. The molecule has 0 fully saturated rings. The van der Waals surface area contributed by atoms with Crippen molar-refractivity contribution in [2.75, 3.05) is 19.0 Å². The number of nitrogens with zero attached hydrogens (tertiary/aromatic N) is 3. The molecular formula is C25H25ClFN5O3. The van der Waals surface area contributed by atoms with E-state index >= 15 is 0 Å². The number of amides is 2. The van der Waals surface area contributed by atoms with Gasteiger partial charge in [0.05, 0.1) is 29.6 Å². The topological polar surface area (TPSA) is 107 Å². The molecule has 1 aliphatic heterocycles. The van der Waals surface area contributed by atoms with E-state index < -0.39 is 30.4 Å². The van der Waals surface area contributed by atoms with Gasteiger partial charge < -0.3 is 20.6 Å². The van der Waals surface area contributed by atoms with Crippen LogP contribution in [-0.2, 0) is 11.3 Å². The van der Waals surface area contributed by atoms with Gasteiger partial charge in [-0.2, -0.15) is 0 Å². The maximum absolute atomic E-state index is 13.8. The molecule has 4 rings (SSSR count). The standard InChI is InChI=1S/C25H25ClFN5O3/c1-13-6-17(8-18(27)7-13)21(12-33)30-23(34)14(2)32-11-16-5-4-15(9-19(16)24(32)35)22-20(26)10-29-25(28-3)31-22/h4-10,14,21,33H,11-12H2,1-3H3,(H,30,34)(H,28,29,31)/t14-,21-/m1/s1. The largest absolute Gasteiger partial charge is 0.394 e. The van der Waals surface area contributed by atoms with Crippen LogP contribution in [0.5, 0.6) is 0 Å². The number of halogens is 2. The molecule has 2 heterocycles. The van der Waals surface area contributed by atoms with Crippen LogP contribution in [0.15, 0.2) is 42.6 Å². The minimum Gasteiger partial charge on any atom is -0.394 e. The molecule has 0 spiro atoms. The minimum atomic E-state index is -0.819. The lowest BCUT2D eigenvalue weighted by Gasteiger charge is -2.26. The van der Waals surface area contributed by atoms with Crippen molar-refractivity contribution in [3.05, 3.63) is 75.7 Å². The van der Waals surface area contributed by atoms with Crippen molar-refractivity contribution in [1.29, 1.82) is 0 Å². The van der Waals surface area contributed by atoms with E-state index in [4.69, 9.17) is 11.6 Å². The SMILES string of the molecule is CNc1ncc(Cl)c(-c2ccc3c(c2)C(=O)N([C@H](C)C(=O)N[C@H](CO)c2cc(C)cc(F)c2)C3)n1. The van der Waals surface area contributed by atoms with Gasteiger partial charge in [0.1, 0.15) is 11.9 Å². The second kappa shape index (κ2) is 9.97. The highest BCUT2D eigenvalue weighted by atomic mass is 35.5. The molecule has 0 saturated heterocycles. The molecule has 3 N–H and O–H groups in total. The Balaban J connectivity index is 1.53. The number of carbonyl (C=O) groups excluding carboxylic acids is 2. The van der Waals surface area contributed by atoms with Crippen LogP contribution in [0.2, 0.25) is 5.02 Å². The van der Waals surface area contributed by atoms with E-state index in [1.165, 1.54) is 23.2 Å². The van der Waals surface area contributed by atoms with Crippen LogP contribution in [0.3, 0.4) is 0 Å². The fourth-order valence-electron chi connectivity index (χ4n) is 4.11. The van der Waals surface area contributed by atoms with Crippen molar-refractivity contribution >= 4 is 29.4 Å². The van der Waals surface area contributed by atoms with Gasteiger partial charge in [-0.25, -0.2) is 14.4 Å². The van der Waals surface area contributed by atoms with Crippen LogP contribution in [0.1, 0.15) is 40.0 Å². The summed E-state index contributed by atoms with van der Waals surface area (Å²) in [6.45, 7) is 3.19. The molecule has 2 atom stereocenters. The third-order valence-corrected chi connectivity index (χ3v) is 6.27. The van der Waals surface area contributed by atoms with Crippen LogP contribution in [0.25, 0.3) is 11.3 Å². The highest BCUT2D eigenvalue weighted by Gasteiger charge is 2.35. The molecule has 1 aliphatic rings. The summed E-state index contributed by atoms with van der Waals surface area (Å²) in [7, 11) is 1.69. The maximum Gasteiger partial charge on any atom is 0.255 e. The Bertz CT molecular complexity index is 1280. The molecule has 10 heteroatoms. The molecule has 0 saturated carbocycles. The zero-order chi connectivity index (χ0) is 25.3. The van der Waals surface area contributed by atoms with Crippen molar-refractivity contribution in [2.24, 2.45) is 0 Å². The summed E-state index contributed by atoms with van der Waals surface area (Å²) in [5, 5.41) is 15.7. The molecule has 0 unspecified atom stereocenters. The van der Waals surface area contributed by atoms with Crippen LogP contribution >= 0.6 is 11.6 Å². The van der Waals surface area contributed by atoms with Crippen LogP contribution in [0.4, 0.5) is 10.3 Å². The first kappa shape index (κ1) is 24.6. The number of nitrogens with one attached hydrogen (secondary N) is 2. The van der Waals surface area contributed by atoms with E-state index in [-0.39, 0.29) is 12.5 Å². The van der Waals surface area contributed by atoms with Crippen LogP contribution < -0.4 is 10.6 Å². The summed E-state index contributed by atoms with van der Waals surface area (Å²) >= 11 is 6.28. The highest BCUT2D eigenvalue weighted by Crippen LogP contribution is 2.32. The van der Waals surface area contributed by atoms with Crippen LogP contribution in [0, 0.1) is 12.7 Å². The first-order valence-corrected chi connectivity index (χ1v) is 11.4. The number of anilines is 1. The second-order valence-electron chi connectivity index (χ2n) is 8.43. The monoisotopic (exact) mass is 497 g/mol. The number of rotatable bonds is 7. The highest BCUT2D eigenvalue weighted by molar-refractivity contribution is 6.33. The average Bonchev–Trinajstić information content (AvgIpc) is 3.17. The number of aryl methyl sites for hydroxylation is 1. The number of hydrogen-bond acceptors (Lipinski definition) is 6. The van der Waals surface area contributed by atoms with Gasteiger partial charge in [-0.05, 0) is 48.7 Å². The normalized spacial score (nSPS) is 14.5. The van der Waals surface area contributed by atoms with Crippen molar-refractivity contribution in [2.45, 2.75) is 32.5 Å². The Hall–Kier alpha value is -3.56. The number of aromatic nitrogens is 2. The number of carbonyl (C=O) groups is 2. The predicted octanol–water partition coefficient (Wildman–Crippen LogP) is 3.48. The third kappa shape index (κ3) is 4.96. The van der Waals surface area contributed by atoms with Crippen molar-refractivity contribution < 1.29 is 19.1 Å². The van der Waals surface area contributed by atoms with Gasteiger partial charge >= 0.3 is 0 Å². The molecule has 35 heavy (non-hydrogen) atoms. The van der Waals surface area contributed by atoms with Gasteiger partial charge in [-0.15, -0.1) is 0 Å². The van der Waals surface area contributed by atoms with Gasteiger partial charge in [-0.3, -0.25) is 9.59 Å². The summed E-state index contributed by atoms with van der Waals surface area (Å²) in [4.78, 5) is 36.1. The molecular weight excluding hydrogens is 473 g/mol. The van der Waals surface area contributed by atoms with Gasteiger partial charge in [0, 0.05) is 24.7 Å². The third-order valence-electron chi connectivity index (χ3n) is 6.00.